The summed E-state index contributed by atoms with van der Waals surface area (Å²) in [6.45, 7) is 1.39. The molecule has 2 rings (SSSR count). The van der Waals surface area contributed by atoms with Gasteiger partial charge in [0, 0.05) is 12.1 Å². The topological polar surface area (TPSA) is 125 Å². The first-order chi connectivity index (χ1) is 11.9. The molecule has 3 amide bonds. The van der Waals surface area contributed by atoms with E-state index in [2.05, 4.69) is 17.6 Å². The van der Waals surface area contributed by atoms with Gasteiger partial charge in [-0.25, -0.2) is 9.59 Å². The molecule has 0 aliphatic heterocycles. The molecule has 2 atom stereocenters. The van der Waals surface area contributed by atoms with Crippen LogP contribution in [0.2, 0.25) is 0 Å². The average Bonchev–Trinajstić information content (AvgIpc) is 2.54. The molecule has 0 spiro atoms. The summed E-state index contributed by atoms with van der Waals surface area (Å²) in [6, 6.07) is 2.76. The van der Waals surface area contributed by atoms with Crippen LogP contribution in [0.4, 0.5) is 4.79 Å². The number of hydrogen-bond acceptors (Lipinski definition) is 6. The number of carbonyl (C=O) groups excluding carboxylic acids is 3. The number of carbonyl (C=O) groups is 3. The molecule has 4 N–H and O–H groups in total. The van der Waals surface area contributed by atoms with Gasteiger partial charge in [0.05, 0.1) is 0 Å². The first kappa shape index (κ1) is 18.6. The average molecular weight is 350 g/mol. The zero-order chi connectivity index (χ0) is 18.4. The molecule has 0 radical (unpaired) electrons. The molecule has 1 aliphatic rings. The number of esters is 1. The van der Waals surface area contributed by atoms with Crippen molar-refractivity contribution in [3.8, 4) is 11.5 Å². The minimum absolute atomic E-state index is 0.0260. The lowest BCUT2D eigenvalue weighted by Gasteiger charge is -2.29. The molecule has 0 bridgehead atoms. The van der Waals surface area contributed by atoms with Gasteiger partial charge in [-0.2, -0.15) is 0 Å². The van der Waals surface area contributed by atoms with Gasteiger partial charge in [-0.15, -0.1) is 0 Å². The first-order valence-electron chi connectivity index (χ1n) is 8.16. The summed E-state index contributed by atoms with van der Waals surface area (Å²) in [7, 11) is 0. The number of benzene rings is 1. The predicted octanol–water partition coefficient (Wildman–Crippen LogP) is 1.66. The van der Waals surface area contributed by atoms with Gasteiger partial charge in [0.25, 0.3) is 5.91 Å². The largest absolute Gasteiger partial charge is 0.508 e. The van der Waals surface area contributed by atoms with Crippen LogP contribution in [0.25, 0.3) is 0 Å². The van der Waals surface area contributed by atoms with E-state index in [0.29, 0.717) is 5.92 Å². The summed E-state index contributed by atoms with van der Waals surface area (Å²) in [5, 5.41) is 23.6. The van der Waals surface area contributed by atoms with E-state index in [1.807, 2.05) is 0 Å². The zero-order valence-corrected chi connectivity index (χ0v) is 13.9. The Morgan fingerprint density at radius 3 is 2.60 bits per heavy atom. The quantitative estimate of drug-likeness (QED) is 0.612. The zero-order valence-electron chi connectivity index (χ0n) is 13.9. The number of ether oxygens (including phenoxy) is 1. The number of amides is 3. The van der Waals surface area contributed by atoms with E-state index in [4.69, 9.17) is 9.84 Å². The van der Waals surface area contributed by atoms with Gasteiger partial charge in [-0.05, 0) is 30.9 Å². The first-order valence-corrected chi connectivity index (χ1v) is 8.16. The van der Waals surface area contributed by atoms with Gasteiger partial charge in [0.2, 0.25) is 0 Å². The maximum atomic E-state index is 11.8. The van der Waals surface area contributed by atoms with Crippen LogP contribution in [0.3, 0.4) is 0 Å². The number of rotatable bonds is 4. The van der Waals surface area contributed by atoms with E-state index in [1.54, 1.807) is 0 Å². The summed E-state index contributed by atoms with van der Waals surface area (Å²) >= 11 is 0. The highest BCUT2D eigenvalue weighted by molar-refractivity contribution is 5.97. The Kier molecular flexibility index (Phi) is 6.21. The molecule has 8 heteroatoms. The van der Waals surface area contributed by atoms with Crippen molar-refractivity contribution < 1.29 is 29.3 Å². The Balaban J connectivity index is 1.77. The molecule has 0 aromatic heterocycles. The predicted molar refractivity (Wildman–Crippen MR) is 88.1 cm³/mol. The maximum Gasteiger partial charge on any atom is 0.342 e. The molecular weight excluding hydrogens is 328 g/mol. The number of phenolic OH excluding ortho intramolecular Hbond substituents is 2. The van der Waals surface area contributed by atoms with Crippen LogP contribution in [0, 0.1) is 5.92 Å². The second-order valence-electron chi connectivity index (χ2n) is 6.17. The van der Waals surface area contributed by atoms with Crippen molar-refractivity contribution in [2.75, 3.05) is 6.61 Å². The summed E-state index contributed by atoms with van der Waals surface area (Å²) in [5.41, 5.74) is -0.189. The minimum atomic E-state index is -0.936. The SMILES string of the molecule is C[C@@H]1CCCC[C@H]1NC(=O)NC(=O)COC(=O)c1ccc(O)cc1O. The molecule has 8 nitrogen and oxygen atoms in total. The minimum Gasteiger partial charge on any atom is -0.508 e. The lowest BCUT2D eigenvalue weighted by atomic mass is 9.86. The number of hydrogen-bond donors (Lipinski definition) is 4. The van der Waals surface area contributed by atoms with Crippen molar-refractivity contribution in [2.24, 2.45) is 5.92 Å². The number of urea groups is 1. The van der Waals surface area contributed by atoms with E-state index in [1.165, 1.54) is 12.1 Å². The van der Waals surface area contributed by atoms with Crippen LogP contribution in [0.5, 0.6) is 11.5 Å². The third kappa shape index (κ3) is 5.37. The van der Waals surface area contributed by atoms with Gasteiger partial charge in [0.15, 0.2) is 6.61 Å². The van der Waals surface area contributed by atoms with Gasteiger partial charge >= 0.3 is 12.0 Å². The van der Waals surface area contributed by atoms with Crippen LogP contribution < -0.4 is 10.6 Å². The highest BCUT2D eigenvalue weighted by Gasteiger charge is 2.23. The lowest BCUT2D eigenvalue weighted by molar-refractivity contribution is -0.123. The molecule has 0 unspecified atom stereocenters. The van der Waals surface area contributed by atoms with Crippen LogP contribution in [0.1, 0.15) is 43.0 Å². The highest BCUT2D eigenvalue weighted by Crippen LogP contribution is 2.24. The second kappa shape index (κ2) is 8.36. The summed E-state index contributed by atoms with van der Waals surface area (Å²) in [5.74, 6) is -2.03. The van der Waals surface area contributed by atoms with Crippen molar-refractivity contribution >= 4 is 17.9 Å². The fraction of sp³-hybridized carbons (Fsp3) is 0.471. The number of nitrogens with one attached hydrogen (secondary N) is 2. The Labute approximate surface area is 145 Å². The third-order valence-electron chi connectivity index (χ3n) is 4.22. The van der Waals surface area contributed by atoms with Crippen LogP contribution in [-0.4, -0.2) is 40.8 Å². The molecule has 1 aromatic rings. The van der Waals surface area contributed by atoms with Gasteiger partial charge in [-0.1, -0.05) is 19.8 Å². The Bertz CT molecular complexity index is 661. The molecule has 0 heterocycles. The monoisotopic (exact) mass is 350 g/mol. The standard InChI is InChI=1S/C17H22N2O6/c1-10-4-2-3-5-13(10)18-17(24)19-15(22)9-25-16(23)12-7-6-11(20)8-14(12)21/h6-8,10,13,20-21H,2-5,9H2,1H3,(H2,18,19,22,24)/t10-,13-/m1/s1. The van der Waals surface area contributed by atoms with E-state index >= 15 is 0 Å². The second-order valence-corrected chi connectivity index (χ2v) is 6.17. The van der Waals surface area contributed by atoms with Crippen LogP contribution >= 0.6 is 0 Å². The molecule has 1 aliphatic carbocycles. The lowest BCUT2D eigenvalue weighted by Crippen LogP contribution is -2.48. The van der Waals surface area contributed by atoms with Crippen molar-refractivity contribution in [2.45, 2.75) is 38.6 Å². The molecule has 0 saturated heterocycles. The highest BCUT2D eigenvalue weighted by atomic mass is 16.5. The smallest absolute Gasteiger partial charge is 0.342 e. The fourth-order valence-corrected chi connectivity index (χ4v) is 2.80. The Morgan fingerprint density at radius 1 is 1.20 bits per heavy atom. The van der Waals surface area contributed by atoms with E-state index < -0.39 is 30.3 Å². The van der Waals surface area contributed by atoms with Crippen LogP contribution in [0.15, 0.2) is 18.2 Å². The molecule has 25 heavy (non-hydrogen) atoms. The van der Waals surface area contributed by atoms with Gasteiger partial charge in [-0.3, -0.25) is 10.1 Å². The molecule has 1 fully saturated rings. The van der Waals surface area contributed by atoms with Crippen molar-refractivity contribution in [3.05, 3.63) is 23.8 Å². The molecule has 136 valence electrons. The third-order valence-corrected chi connectivity index (χ3v) is 4.22. The number of imide groups is 1. The molecule has 1 aromatic carbocycles. The summed E-state index contributed by atoms with van der Waals surface area (Å²) in [6.07, 6.45) is 4.08. The molecular formula is C17H22N2O6. The van der Waals surface area contributed by atoms with Crippen molar-refractivity contribution in [3.63, 3.8) is 0 Å². The normalized spacial score (nSPS) is 19.7. The van der Waals surface area contributed by atoms with Crippen LogP contribution in [-0.2, 0) is 9.53 Å². The van der Waals surface area contributed by atoms with E-state index in [0.717, 1.165) is 31.7 Å². The number of aromatic hydroxyl groups is 2. The molecule has 1 saturated carbocycles. The van der Waals surface area contributed by atoms with Gasteiger partial charge in [0.1, 0.15) is 17.1 Å². The Hall–Kier alpha value is -2.77. The summed E-state index contributed by atoms with van der Waals surface area (Å²) in [4.78, 5) is 35.3. The fourth-order valence-electron chi connectivity index (χ4n) is 2.80. The van der Waals surface area contributed by atoms with Gasteiger partial charge < -0.3 is 20.3 Å². The van der Waals surface area contributed by atoms with E-state index in [9.17, 15) is 19.5 Å². The van der Waals surface area contributed by atoms with Crippen molar-refractivity contribution in [1.29, 1.82) is 0 Å². The summed E-state index contributed by atoms with van der Waals surface area (Å²) < 4.78 is 4.75. The van der Waals surface area contributed by atoms with Crippen molar-refractivity contribution in [1.82, 2.24) is 10.6 Å². The van der Waals surface area contributed by atoms with E-state index in [-0.39, 0.29) is 17.4 Å². The maximum absolute atomic E-state index is 11.8. The number of phenols is 2. The Morgan fingerprint density at radius 2 is 1.92 bits per heavy atom.